The van der Waals surface area contributed by atoms with Crippen LogP contribution in [0.5, 0.6) is 0 Å². The van der Waals surface area contributed by atoms with Crippen LogP contribution in [0.25, 0.3) is 0 Å². The SMILES string of the molecule is NC1(C(=O)Cc2ccc(F)cc2)CCCC1. The Morgan fingerprint density at radius 2 is 1.81 bits per heavy atom. The normalized spacial score (nSPS) is 18.6. The third-order valence-electron chi connectivity index (χ3n) is 3.33. The van der Waals surface area contributed by atoms with Crippen molar-refractivity contribution < 1.29 is 9.18 Å². The van der Waals surface area contributed by atoms with Gasteiger partial charge in [-0.05, 0) is 30.5 Å². The van der Waals surface area contributed by atoms with E-state index in [4.69, 9.17) is 5.73 Å². The van der Waals surface area contributed by atoms with Crippen LogP contribution in [0.3, 0.4) is 0 Å². The van der Waals surface area contributed by atoms with E-state index in [-0.39, 0.29) is 11.6 Å². The lowest BCUT2D eigenvalue weighted by molar-refractivity contribution is -0.123. The van der Waals surface area contributed by atoms with Crippen LogP contribution in [0.2, 0.25) is 0 Å². The van der Waals surface area contributed by atoms with Crippen LogP contribution in [-0.4, -0.2) is 11.3 Å². The molecule has 0 aromatic heterocycles. The highest BCUT2D eigenvalue weighted by molar-refractivity contribution is 5.90. The number of hydrogen-bond acceptors (Lipinski definition) is 2. The summed E-state index contributed by atoms with van der Waals surface area (Å²) in [4.78, 5) is 12.0. The van der Waals surface area contributed by atoms with Crippen LogP contribution in [0.1, 0.15) is 31.2 Å². The summed E-state index contributed by atoms with van der Waals surface area (Å²) in [6, 6.07) is 6.04. The van der Waals surface area contributed by atoms with Crippen molar-refractivity contribution in [3.8, 4) is 0 Å². The molecule has 0 atom stereocenters. The molecule has 1 saturated carbocycles. The Hall–Kier alpha value is -1.22. The molecule has 1 aliphatic rings. The standard InChI is InChI=1S/C13H16FNO/c14-11-5-3-10(4-6-11)9-12(16)13(15)7-1-2-8-13/h3-6H,1-2,7-9,15H2. The van der Waals surface area contributed by atoms with Gasteiger partial charge >= 0.3 is 0 Å². The van der Waals surface area contributed by atoms with Gasteiger partial charge in [-0.15, -0.1) is 0 Å². The van der Waals surface area contributed by atoms with Gasteiger partial charge in [0.1, 0.15) is 5.82 Å². The van der Waals surface area contributed by atoms with Gasteiger partial charge in [-0.1, -0.05) is 25.0 Å². The summed E-state index contributed by atoms with van der Waals surface area (Å²) in [6.45, 7) is 0. The van der Waals surface area contributed by atoms with Crippen LogP contribution in [0, 0.1) is 5.82 Å². The fraction of sp³-hybridized carbons (Fsp3) is 0.462. The van der Waals surface area contributed by atoms with Crippen molar-refractivity contribution in [3.63, 3.8) is 0 Å². The maximum absolute atomic E-state index is 12.7. The van der Waals surface area contributed by atoms with Gasteiger partial charge in [0, 0.05) is 6.42 Å². The van der Waals surface area contributed by atoms with Gasteiger partial charge in [0.25, 0.3) is 0 Å². The first-order chi connectivity index (χ1) is 7.60. The lowest BCUT2D eigenvalue weighted by atomic mass is 9.89. The topological polar surface area (TPSA) is 43.1 Å². The zero-order valence-electron chi connectivity index (χ0n) is 9.21. The van der Waals surface area contributed by atoms with E-state index in [0.717, 1.165) is 31.2 Å². The van der Waals surface area contributed by atoms with Gasteiger partial charge in [-0.25, -0.2) is 4.39 Å². The minimum atomic E-state index is -0.631. The van der Waals surface area contributed by atoms with E-state index in [2.05, 4.69) is 0 Å². The predicted molar refractivity (Wildman–Crippen MR) is 60.5 cm³/mol. The molecule has 0 unspecified atom stereocenters. The number of Topliss-reactive ketones (excluding diaryl/α,β-unsaturated/α-hetero) is 1. The number of halogens is 1. The summed E-state index contributed by atoms with van der Waals surface area (Å²) in [7, 11) is 0. The summed E-state index contributed by atoms with van der Waals surface area (Å²) in [6.07, 6.45) is 3.95. The van der Waals surface area contributed by atoms with Gasteiger partial charge in [0.15, 0.2) is 5.78 Å². The van der Waals surface area contributed by atoms with Crippen molar-refractivity contribution >= 4 is 5.78 Å². The lowest BCUT2D eigenvalue weighted by Crippen LogP contribution is -2.46. The highest BCUT2D eigenvalue weighted by Gasteiger charge is 2.36. The molecule has 1 aromatic carbocycles. The molecule has 86 valence electrons. The molecule has 2 rings (SSSR count). The highest BCUT2D eigenvalue weighted by Crippen LogP contribution is 2.28. The quantitative estimate of drug-likeness (QED) is 0.850. The minimum Gasteiger partial charge on any atom is -0.319 e. The van der Waals surface area contributed by atoms with Crippen LogP contribution in [0.4, 0.5) is 4.39 Å². The predicted octanol–water partition coefficient (Wildman–Crippen LogP) is 2.21. The zero-order valence-corrected chi connectivity index (χ0v) is 9.21. The van der Waals surface area contributed by atoms with Crippen LogP contribution >= 0.6 is 0 Å². The summed E-state index contributed by atoms with van der Waals surface area (Å²) in [5.74, 6) is -0.198. The Morgan fingerprint density at radius 1 is 1.25 bits per heavy atom. The second-order valence-corrected chi connectivity index (χ2v) is 4.59. The second kappa shape index (κ2) is 4.34. The molecule has 0 radical (unpaired) electrons. The van der Waals surface area contributed by atoms with Crippen LogP contribution in [-0.2, 0) is 11.2 Å². The minimum absolute atomic E-state index is 0.0802. The van der Waals surface area contributed by atoms with E-state index in [0.29, 0.717) is 6.42 Å². The molecule has 3 heteroatoms. The molecule has 2 nitrogen and oxygen atoms in total. The third kappa shape index (κ3) is 2.30. The first-order valence-corrected chi connectivity index (χ1v) is 5.67. The largest absolute Gasteiger partial charge is 0.319 e. The molecule has 1 aliphatic carbocycles. The summed E-state index contributed by atoms with van der Waals surface area (Å²) in [5, 5.41) is 0. The molecule has 2 N–H and O–H groups in total. The number of rotatable bonds is 3. The van der Waals surface area contributed by atoms with Crippen molar-refractivity contribution in [3.05, 3.63) is 35.6 Å². The molecule has 16 heavy (non-hydrogen) atoms. The summed E-state index contributed by atoms with van der Waals surface area (Å²) >= 11 is 0. The van der Waals surface area contributed by atoms with E-state index in [1.807, 2.05) is 0 Å². The fourth-order valence-corrected chi connectivity index (χ4v) is 2.25. The van der Waals surface area contributed by atoms with Crippen molar-refractivity contribution in [2.75, 3.05) is 0 Å². The van der Waals surface area contributed by atoms with Crippen molar-refractivity contribution in [1.82, 2.24) is 0 Å². The van der Waals surface area contributed by atoms with Gasteiger partial charge in [-0.2, -0.15) is 0 Å². The van der Waals surface area contributed by atoms with E-state index < -0.39 is 5.54 Å². The molecular formula is C13H16FNO. The van der Waals surface area contributed by atoms with Crippen molar-refractivity contribution in [2.45, 2.75) is 37.6 Å². The molecule has 0 amide bonds. The fourth-order valence-electron chi connectivity index (χ4n) is 2.25. The Bertz CT molecular complexity index is 379. The monoisotopic (exact) mass is 221 g/mol. The van der Waals surface area contributed by atoms with Gasteiger partial charge in [0.2, 0.25) is 0 Å². The average molecular weight is 221 g/mol. The number of hydrogen-bond donors (Lipinski definition) is 1. The molecule has 1 fully saturated rings. The molecule has 0 spiro atoms. The number of carbonyl (C=O) groups excluding carboxylic acids is 1. The molecule has 1 aromatic rings. The summed E-state index contributed by atoms with van der Waals surface area (Å²) < 4.78 is 12.7. The third-order valence-corrected chi connectivity index (χ3v) is 3.33. The molecule has 0 aliphatic heterocycles. The second-order valence-electron chi connectivity index (χ2n) is 4.59. The first-order valence-electron chi connectivity index (χ1n) is 5.67. The Labute approximate surface area is 94.6 Å². The first kappa shape index (κ1) is 11.3. The van der Waals surface area contributed by atoms with E-state index in [1.165, 1.54) is 12.1 Å². The van der Waals surface area contributed by atoms with Crippen LogP contribution < -0.4 is 5.73 Å². The number of nitrogens with two attached hydrogens (primary N) is 1. The molecule has 0 saturated heterocycles. The van der Waals surface area contributed by atoms with Gasteiger partial charge in [-0.3, -0.25) is 4.79 Å². The van der Waals surface area contributed by atoms with E-state index >= 15 is 0 Å². The highest BCUT2D eigenvalue weighted by atomic mass is 19.1. The molecule has 0 heterocycles. The average Bonchev–Trinajstić information content (AvgIpc) is 2.70. The lowest BCUT2D eigenvalue weighted by Gasteiger charge is -2.21. The van der Waals surface area contributed by atoms with Gasteiger partial charge in [0.05, 0.1) is 5.54 Å². The summed E-state index contributed by atoms with van der Waals surface area (Å²) in [5.41, 5.74) is 6.26. The Kier molecular flexibility index (Phi) is 3.06. The number of ketones is 1. The van der Waals surface area contributed by atoms with Gasteiger partial charge < -0.3 is 5.73 Å². The van der Waals surface area contributed by atoms with Crippen molar-refractivity contribution in [1.29, 1.82) is 0 Å². The smallest absolute Gasteiger partial charge is 0.156 e. The van der Waals surface area contributed by atoms with E-state index in [1.54, 1.807) is 12.1 Å². The zero-order chi connectivity index (χ0) is 11.6. The Morgan fingerprint density at radius 3 is 2.38 bits per heavy atom. The number of carbonyl (C=O) groups is 1. The molecular weight excluding hydrogens is 205 g/mol. The molecule has 0 bridgehead atoms. The van der Waals surface area contributed by atoms with Crippen LogP contribution in [0.15, 0.2) is 24.3 Å². The Balaban J connectivity index is 2.04. The van der Waals surface area contributed by atoms with E-state index in [9.17, 15) is 9.18 Å². The van der Waals surface area contributed by atoms with Crippen molar-refractivity contribution in [2.24, 2.45) is 5.73 Å². The maximum Gasteiger partial charge on any atom is 0.156 e. The number of benzene rings is 1. The maximum atomic E-state index is 12.7.